The zero-order valence-corrected chi connectivity index (χ0v) is 19.2. The molecule has 1 aromatic heterocycles. The lowest BCUT2D eigenvalue weighted by molar-refractivity contribution is -0.132. The zero-order chi connectivity index (χ0) is 22.5. The SMILES string of the molecule is CC(=O)N1CCN(Cc2ccnc(N3CCOCC3)n2)C(c2ccc(OC(C)C)cc2)C1. The van der Waals surface area contributed by atoms with Crippen LogP contribution in [0.5, 0.6) is 5.75 Å². The van der Waals surface area contributed by atoms with Gasteiger partial charge in [-0.1, -0.05) is 12.1 Å². The van der Waals surface area contributed by atoms with Crippen LogP contribution < -0.4 is 9.64 Å². The molecular formula is C24H33N5O3. The van der Waals surface area contributed by atoms with Crippen LogP contribution in [0.25, 0.3) is 0 Å². The standard InChI is InChI=1S/C24H33N5O3/c1-18(2)32-22-6-4-20(5-7-22)23-17-28(19(3)30)10-11-29(23)16-21-8-9-25-24(26-21)27-12-14-31-15-13-27/h4-9,18,23H,10-17H2,1-3H3. The number of carbonyl (C=O) groups is 1. The summed E-state index contributed by atoms with van der Waals surface area (Å²) in [6.45, 7) is 11.6. The quantitative estimate of drug-likeness (QED) is 0.685. The Hall–Kier alpha value is -2.71. The number of aromatic nitrogens is 2. The van der Waals surface area contributed by atoms with Gasteiger partial charge in [0.1, 0.15) is 5.75 Å². The van der Waals surface area contributed by atoms with E-state index >= 15 is 0 Å². The molecule has 0 spiro atoms. The number of ether oxygens (including phenoxy) is 2. The molecule has 0 saturated carbocycles. The van der Waals surface area contributed by atoms with E-state index in [4.69, 9.17) is 14.5 Å². The number of benzene rings is 1. The van der Waals surface area contributed by atoms with E-state index in [9.17, 15) is 4.79 Å². The molecule has 32 heavy (non-hydrogen) atoms. The molecule has 0 radical (unpaired) electrons. The molecule has 8 nitrogen and oxygen atoms in total. The first kappa shape index (κ1) is 22.5. The van der Waals surface area contributed by atoms with Crippen LogP contribution in [0.2, 0.25) is 0 Å². The Balaban J connectivity index is 1.52. The fraction of sp³-hybridized carbons (Fsp3) is 0.542. The van der Waals surface area contributed by atoms with Gasteiger partial charge in [0.2, 0.25) is 11.9 Å². The summed E-state index contributed by atoms with van der Waals surface area (Å²) in [6, 6.07) is 10.3. The lowest BCUT2D eigenvalue weighted by Gasteiger charge is -2.41. The highest BCUT2D eigenvalue weighted by Gasteiger charge is 2.30. The maximum Gasteiger partial charge on any atom is 0.225 e. The third kappa shape index (κ3) is 5.55. The van der Waals surface area contributed by atoms with Crippen molar-refractivity contribution in [1.82, 2.24) is 19.8 Å². The van der Waals surface area contributed by atoms with E-state index in [-0.39, 0.29) is 18.1 Å². The Morgan fingerprint density at radius 2 is 1.88 bits per heavy atom. The highest BCUT2D eigenvalue weighted by atomic mass is 16.5. The molecule has 2 aromatic rings. The first-order valence-corrected chi connectivity index (χ1v) is 11.4. The predicted octanol–water partition coefficient (Wildman–Crippen LogP) is 2.51. The molecular weight excluding hydrogens is 406 g/mol. The second kappa shape index (κ2) is 10.3. The topological polar surface area (TPSA) is 71.0 Å². The van der Waals surface area contributed by atoms with Gasteiger partial charge in [0.15, 0.2) is 0 Å². The summed E-state index contributed by atoms with van der Waals surface area (Å²) in [5.41, 5.74) is 2.16. The van der Waals surface area contributed by atoms with Crippen molar-refractivity contribution in [2.75, 3.05) is 50.8 Å². The molecule has 1 amide bonds. The number of hydrogen-bond acceptors (Lipinski definition) is 7. The number of hydrogen-bond donors (Lipinski definition) is 0. The highest BCUT2D eigenvalue weighted by Crippen LogP contribution is 2.29. The first-order valence-electron chi connectivity index (χ1n) is 11.4. The Morgan fingerprint density at radius 3 is 2.56 bits per heavy atom. The van der Waals surface area contributed by atoms with Crippen LogP contribution >= 0.6 is 0 Å². The number of rotatable bonds is 6. The van der Waals surface area contributed by atoms with E-state index in [1.165, 1.54) is 5.56 Å². The minimum atomic E-state index is 0.0996. The van der Waals surface area contributed by atoms with E-state index in [0.29, 0.717) is 26.3 Å². The summed E-state index contributed by atoms with van der Waals surface area (Å²) in [7, 11) is 0. The Bertz CT molecular complexity index is 899. The van der Waals surface area contributed by atoms with Crippen LogP contribution in [0.15, 0.2) is 36.5 Å². The molecule has 2 aliphatic heterocycles. The summed E-state index contributed by atoms with van der Waals surface area (Å²) in [5, 5.41) is 0. The molecule has 4 rings (SSSR count). The van der Waals surface area contributed by atoms with Crippen molar-refractivity contribution in [2.45, 2.75) is 39.5 Å². The van der Waals surface area contributed by atoms with Gasteiger partial charge >= 0.3 is 0 Å². The van der Waals surface area contributed by atoms with Gasteiger partial charge in [-0.3, -0.25) is 9.69 Å². The number of nitrogens with zero attached hydrogens (tertiary/aromatic N) is 5. The third-order valence-corrected chi connectivity index (χ3v) is 5.93. The Kier molecular flexibility index (Phi) is 7.22. The van der Waals surface area contributed by atoms with Crippen molar-refractivity contribution in [2.24, 2.45) is 0 Å². The summed E-state index contributed by atoms with van der Waals surface area (Å²) in [6.07, 6.45) is 1.98. The van der Waals surface area contributed by atoms with Crippen LogP contribution in [-0.2, 0) is 16.1 Å². The molecule has 1 atom stereocenters. The molecule has 2 aliphatic rings. The molecule has 1 aromatic carbocycles. The monoisotopic (exact) mass is 439 g/mol. The van der Waals surface area contributed by atoms with Crippen molar-refractivity contribution in [3.05, 3.63) is 47.8 Å². The van der Waals surface area contributed by atoms with Gasteiger partial charge in [-0.05, 0) is 37.6 Å². The van der Waals surface area contributed by atoms with E-state index in [2.05, 4.69) is 26.9 Å². The predicted molar refractivity (Wildman–Crippen MR) is 123 cm³/mol. The van der Waals surface area contributed by atoms with Gasteiger partial charge in [-0.2, -0.15) is 0 Å². The number of piperazine rings is 1. The fourth-order valence-corrected chi connectivity index (χ4v) is 4.25. The number of carbonyl (C=O) groups excluding carboxylic acids is 1. The molecule has 3 heterocycles. The molecule has 0 bridgehead atoms. The lowest BCUT2D eigenvalue weighted by Crippen LogP contribution is -2.49. The Labute approximate surface area is 190 Å². The fourth-order valence-electron chi connectivity index (χ4n) is 4.25. The Morgan fingerprint density at radius 1 is 1.12 bits per heavy atom. The van der Waals surface area contributed by atoms with Crippen molar-refractivity contribution in [1.29, 1.82) is 0 Å². The molecule has 172 valence electrons. The largest absolute Gasteiger partial charge is 0.491 e. The molecule has 2 fully saturated rings. The van der Waals surface area contributed by atoms with E-state index in [0.717, 1.165) is 43.6 Å². The van der Waals surface area contributed by atoms with Gasteiger partial charge in [-0.15, -0.1) is 0 Å². The van der Waals surface area contributed by atoms with E-state index in [1.54, 1.807) is 6.92 Å². The number of morpholine rings is 1. The average Bonchev–Trinajstić information content (AvgIpc) is 2.80. The van der Waals surface area contributed by atoms with Crippen LogP contribution in [0.1, 0.15) is 38.1 Å². The maximum absolute atomic E-state index is 12.1. The summed E-state index contributed by atoms with van der Waals surface area (Å²) in [4.78, 5) is 27.9. The molecule has 0 N–H and O–H groups in total. The van der Waals surface area contributed by atoms with Crippen LogP contribution in [-0.4, -0.2) is 77.7 Å². The van der Waals surface area contributed by atoms with Gasteiger partial charge in [-0.25, -0.2) is 9.97 Å². The van der Waals surface area contributed by atoms with Gasteiger partial charge in [0, 0.05) is 52.4 Å². The second-order valence-electron chi connectivity index (χ2n) is 8.63. The number of anilines is 1. The minimum Gasteiger partial charge on any atom is -0.491 e. The van der Waals surface area contributed by atoms with Crippen LogP contribution in [0, 0.1) is 0 Å². The van der Waals surface area contributed by atoms with Gasteiger partial charge < -0.3 is 19.3 Å². The third-order valence-electron chi connectivity index (χ3n) is 5.93. The van der Waals surface area contributed by atoms with Gasteiger partial charge in [0.05, 0.1) is 31.1 Å². The lowest BCUT2D eigenvalue weighted by atomic mass is 10.0. The van der Waals surface area contributed by atoms with Crippen molar-refractivity contribution >= 4 is 11.9 Å². The summed E-state index contributed by atoms with van der Waals surface area (Å²) >= 11 is 0. The normalized spacial score (nSPS) is 19.9. The maximum atomic E-state index is 12.1. The van der Waals surface area contributed by atoms with Crippen LogP contribution in [0.4, 0.5) is 5.95 Å². The molecule has 0 aliphatic carbocycles. The molecule has 1 unspecified atom stereocenters. The van der Waals surface area contributed by atoms with Gasteiger partial charge in [0.25, 0.3) is 0 Å². The average molecular weight is 440 g/mol. The molecule has 2 saturated heterocycles. The molecule has 8 heteroatoms. The summed E-state index contributed by atoms with van der Waals surface area (Å²) < 4.78 is 11.2. The second-order valence-corrected chi connectivity index (χ2v) is 8.63. The first-order chi connectivity index (χ1) is 15.5. The van der Waals surface area contributed by atoms with Crippen LogP contribution in [0.3, 0.4) is 0 Å². The number of amides is 1. The van der Waals surface area contributed by atoms with E-state index < -0.39 is 0 Å². The van der Waals surface area contributed by atoms with Crippen molar-refractivity contribution in [3.63, 3.8) is 0 Å². The smallest absolute Gasteiger partial charge is 0.225 e. The summed E-state index contributed by atoms with van der Waals surface area (Å²) in [5.74, 6) is 1.74. The van der Waals surface area contributed by atoms with E-state index in [1.807, 2.05) is 43.1 Å². The van der Waals surface area contributed by atoms with Crippen molar-refractivity contribution in [3.8, 4) is 5.75 Å². The minimum absolute atomic E-state index is 0.0996. The van der Waals surface area contributed by atoms with Crippen molar-refractivity contribution < 1.29 is 14.3 Å². The zero-order valence-electron chi connectivity index (χ0n) is 19.2. The highest BCUT2D eigenvalue weighted by molar-refractivity contribution is 5.73.